The number of nitrogen functional groups attached to an aromatic ring is 1. The molecule has 0 amide bonds. The van der Waals surface area contributed by atoms with E-state index in [9.17, 15) is 0 Å². The van der Waals surface area contributed by atoms with Crippen LogP contribution in [0.25, 0.3) is 0 Å². The minimum Gasteiger partial charge on any atom is -0.394 e. The van der Waals surface area contributed by atoms with Crippen LogP contribution < -0.4 is 11.1 Å². The van der Waals surface area contributed by atoms with E-state index < -0.39 is 0 Å². The second kappa shape index (κ2) is 5.33. The molecule has 0 aromatic carbocycles. The lowest BCUT2D eigenvalue weighted by atomic mass is 10.6. The SMILES string of the molecule is Nc1nc(NCCOCCO)n[nH]1. The lowest BCUT2D eigenvalue weighted by Gasteiger charge is -2.01. The van der Waals surface area contributed by atoms with Gasteiger partial charge in [-0.2, -0.15) is 4.98 Å². The molecule has 0 aliphatic heterocycles. The number of rotatable bonds is 6. The molecule has 0 bridgehead atoms. The number of H-pyrrole nitrogens is 1. The number of aliphatic hydroxyl groups is 1. The lowest BCUT2D eigenvalue weighted by Crippen LogP contribution is -2.12. The van der Waals surface area contributed by atoms with Crippen LogP contribution in [0.15, 0.2) is 0 Å². The number of anilines is 2. The highest BCUT2D eigenvalue weighted by atomic mass is 16.5. The van der Waals surface area contributed by atoms with Crippen LogP contribution in [-0.4, -0.2) is 46.7 Å². The molecule has 1 aromatic heterocycles. The molecule has 13 heavy (non-hydrogen) atoms. The minimum absolute atomic E-state index is 0.0353. The van der Waals surface area contributed by atoms with E-state index in [1.54, 1.807) is 0 Å². The van der Waals surface area contributed by atoms with E-state index in [1.165, 1.54) is 0 Å². The van der Waals surface area contributed by atoms with Crippen molar-refractivity contribution in [3.63, 3.8) is 0 Å². The molecule has 1 heterocycles. The molecule has 0 aliphatic carbocycles. The normalized spacial score (nSPS) is 10.2. The molecular weight excluding hydrogens is 174 g/mol. The maximum atomic E-state index is 8.39. The van der Waals surface area contributed by atoms with E-state index in [0.717, 1.165) is 0 Å². The fourth-order valence-corrected chi connectivity index (χ4v) is 0.755. The average Bonchev–Trinajstić information content (AvgIpc) is 2.51. The Morgan fingerprint density at radius 2 is 2.38 bits per heavy atom. The Balaban J connectivity index is 2.06. The Morgan fingerprint density at radius 1 is 1.54 bits per heavy atom. The van der Waals surface area contributed by atoms with Crippen molar-refractivity contribution in [2.75, 3.05) is 37.4 Å². The van der Waals surface area contributed by atoms with Gasteiger partial charge in [0.05, 0.1) is 19.8 Å². The van der Waals surface area contributed by atoms with Crippen LogP contribution in [0.4, 0.5) is 11.9 Å². The predicted molar refractivity (Wildman–Crippen MR) is 47.2 cm³/mol. The van der Waals surface area contributed by atoms with Crippen LogP contribution in [0.2, 0.25) is 0 Å². The smallest absolute Gasteiger partial charge is 0.243 e. The summed E-state index contributed by atoms with van der Waals surface area (Å²) in [5.41, 5.74) is 5.30. The largest absolute Gasteiger partial charge is 0.394 e. The van der Waals surface area contributed by atoms with Gasteiger partial charge in [0.1, 0.15) is 0 Å². The van der Waals surface area contributed by atoms with Gasteiger partial charge in [0.25, 0.3) is 0 Å². The van der Waals surface area contributed by atoms with Crippen molar-refractivity contribution >= 4 is 11.9 Å². The average molecular weight is 187 g/mol. The Hall–Kier alpha value is -1.34. The Bertz CT molecular complexity index is 239. The van der Waals surface area contributed by atoms with Crippen LogP contribution in [0.5, 0.6) is 0 Å². The molecule has 0 saturated heterocycles. The van der Waals surface area contributed by atoms with Crippen molar-refractivity contribution in [2.45, 2.75) is 0 Å². The van der Waals surface area contributed by atoms with Crippen LogP contribution in [0.3, 0.4) is 0 Å². The minimum atomic E-state index is 0.0353. The molecule has 0 spiro atoms. The second-order valence-corrected chi connectivity index (χ2v) is 2.31. The van der Waals surface area contributed by atoms with E-state index in [0.29, 0.717) is 25.7 Å². The fourth-order valence-electron chi connectivity index (χ4n) is 0.755. The molecule has 1 rings (SSSR count). The first-order chi connectivity index (χ1) is 6.33. The van der Waals surface area contributed by atoms with Crippen molar-refractivity contribution in [1.29, 1.82) is 0 Å². The molecule has 7 heteroatoms. The summed E-state index contributed by atoms with van der Waals surface area (Å²) in [5, 5.41) is 17.5. The maximum Gasteiger partial charge on any atom is 0.243 e. The lowest BCUT2D eigenvalue weighted by molar-refractivity contribution is 0.0991. The summed E-state index contributed by atoms with van der Waals surface area (Å²) in [7, 11) is 0. The summed E-state index contributed by atoms with van der Waals surface area (Å²) in [6, 6.07) is 0. The van der Waals surface area contributed by atoms with Gasteiger partial charge < -0.3 is 20.9 Å². The van der Waals surface area contributed by atoms with Crippen molar-refractivity contribution < 1.29 is 9.84 Å². The number of hydrogen-bond acceptors (Lipinski definition) is 6. The highest BCUT2D eigenvalue weighted by Crippen LogP contribution is 1.97. The molecular formula is C6H13N5O2. The van der Waals surface area contributed by atoms with Crippen LogP contribution >= 0.6 is 0 Å². The number of nitrogens with two attached hydrogens (primary N) is 1. The van der Waals surface area contributed by atoms with E-state index in [4.69, 9.17) is 15.6 Å². The molecule has 0 saturated carbocycles. The zero-order chi connectivity index (χ0) is 9.52. The number of aliphatic hydroxyl groups excluding tert-OH is 1. The molecule has 0 radical (unpaired) electrons. The first-order valence-electron chi connectivity index (χ1n) is 3.93. The molecule has 5 N–H and O–H groups in total. The van der Waals surface area contributed by atoms with Gasteiger partial charge in [-0.3, -0.25) is 0 Å². The third-order valence-corrected chi connectivity index (χ3v) is 1.27. The van der Waals surface area contributed by atoms with E-state index in [-0.39, 0.29) is 12.6 Å². The summed E-state index contributed by atoms with van der Waals surface area (Å²) >= 11 is 0. The molecule has 74 valence electrons. The van der Waals surface area contributed by atoms with Gasteiger partial charge >= 0.3 is 0 Å². The standard InChI is InChI=1S/C6H13N5O2/c7-5-9-6(11-10-5)8-1-3-13-4-2-12/h12H,1-4H2,(H4,7,8,9,10,11). The van der Waals surface area contributed by atoms with E-state index >= 15 is 0 Å². The number of ether oxygens (including phenoxy) is 1. The van der Waals surface area contributed by atoms with E-state index in [1.807, 2.05) is 0 Å². The zero-order valence-electron chi connectivity index (χ0n) is 7.16. The second-order valence-electron chi connectivity index (χ2n) is 2.31. The third-order valence-electron chi connectivity index (χ3n) is 1.27. The summed E-state index contributed by atoms with van der Waals surface area (Å²) in [6.45, 7) is 1.46. The number of nitrogens with one attached hydrogen (secondary N) is 2. The molecule has 0 unspecified atom stereocenters. The molecule has 0 atom stereocenters. The van der Waals surface area contributed by atoms with Gasteiger partial charge in [0.15, 0.2) is 0 Å². The quantitative estimate of drug-likeness (QED) is 0.417. The first kappa shape index (κ1) is 9.75. The van der Waals surface area contributed by atoms with Gasteiger partial charge in [-0.05, 0) is 0 Å². The zero-order valence-corrected chi connectivity index (χ0v) is 7.16. The van der Waals surface area contributed by atoms with Crippen molar-refractivity contribution in [1.82, 2.24) is 15.2 Å². The third kappa shape index (κ3) is 3.72. The first-order valence-corrected chi connectivity index (χ1v) is 3.93. The predicted octanol–water partition coefficient (Wildman–Crippen LogP) is -1.19. The van der Waals surface area contributed by atoms with E-state index in [2.05, 4.69) is 20.5 Å². The highest BCUT2D eigenvalue weighted by Gasteiger charge is 1.96. The molecule has 1 aromatic rings. The number of nitrogens with zero attached hydrogens (tertiary/aromatic N) is 2. The van der Waals surface area contributed by atoms with Gasteiger partial charge in [-0.15, -0.1) is 5.10 Å². The monoisotopic (exact) mass is 187 g/mol. The Morgan fingerprint density at radius 3 is 3.00 bits per heavy atom. The van der Waals surface area contributed by atoms with Crippen molar-refractivity contribution in [3.05, 3.63) is 0 Å². The van der Waals surface area contributed by atoms with Gasteiger partial charge in [-0.25, -0.2) is 5.10 Å². The van der Waals surface area contributed by atoms with Gasteiger partial charge in [-0.1, -0.05) is 0 Å². The molecule has 0 fully saturated rings. The van der Waals surface area contributed by atoms with Gasteiger partial charge in [0, 0.05) is 6.54 Å². The van der Waals surface area contributed by atoms with Crippen LogP contribution in [-0.2, 0) is 4.74 Å². The fraction of sp³-hybridized carbons (Fsp3) is 0.667. The Kier molecular flexibility index (Phi) is 4.00. The van der Waals surface area contributed by atoms with Gasteiger partial charge in [0.2, 0.25) is 11.9 Å². The number of aromatic nitrogens is 3. The molecule has 0 aliphatic rings. The summed E-state index contributed by atoms with van der Waals surface area (Å²) in [6.07, 6.45) is 0. The topological polar surface area (TPSA) is 109 Å². The Labute approximate surface area is 75.3 Å². The van der Waals surface area contributed by atoms with Crippen molar-refractivity contribution in [3.8, 4) is 0 Å². The highest BCUT2D eigenvalue weighted by molar-refractivity contribution is 5.29. The van der Waals surface area contributed by atoms with Crippen LogP contribution in [0.1, 0.15) is 0 Å². The van der Waals surface area contributed by atoms with Crippen LogP contribution in [0, 0.1) is 0 Å². The number of aromatic amines is 1. The summed E-state index contributed by atoms with van der Waals surface area (Å²) in [5.74, 6) is 0.726. The maximum absolute atomic E-state index is 8.39. The molecule has 7 nitrogen and oxygen atoms in total. The number of hydrogen-bond donors (Lipinski definition) is 4. The summed E-state index contributed by atoms with van der Waals surface area (Å²) < 4.78 is 5.00. The van der Waals surface area contributed by atoms with Crippen molar-refractivity contribution in [2.24, 2.45) is 0 Å². The summed E-state index contributed by atoms with van der Waals surface area (Å²) in [4.78, 5) is 3.82.